The van der Waals surface area contributed by atoms with Crippen LogP contribution in [0.3, 0.4) is 0 Å². The first-order valence-electron chi connectivity index (χ1n) is 6.46. The zero-order valence-electron chi connectivity index (χ0n) is 12.4. The van der Waals surface area contributed by atoms with Crippen LogP contribution in [-0.4, -0.2) is 11.1 Å². The van der Waals surface area contributed by atoms with E-state index in [1.54, 1.807) is 32.0 Å². The van der Waals surface area contributed by atoms with E-state index in [9.17, 15) is 13.6 Å². The first-order chi connectivity index (χ1) is 10.6. The lowest BCUT2D eigenvalue weighted by molar-refractivity contribution is 0.0691. The maximum Gasteiger partial charge on any atom is 0.338 e. The molecule has 2 aromatic rings. The molecule has 0 atom stereocenters. The number of benzene rings is 2. The number of hydrogen-bond donors (Lipinski definition) is 2. The Kier molecular flexibility index (Phi) is 6.85. The molecule has 0 saturated carbocycles. The Morgan fingerprint density at radius 3 is 1.91 bits per heavy atom. The quantitative estimate of drug-likeness (QED) is 0.671. The molecule has 2 aromatic carbocycles. The predicted molar refractivity (Wildman–Crippen MR) is 92.4 cm³/mol. The minimum Gasteiger partial charge on any atom is -0.478 e. The van der Waals surface area contributed by atoms with E-state index in [2.05, 4.69) is 31.9 Å². The highest BCUT2D eigenvalue weighted by Gasteiger charge is 2.19. The van der Waals surface area contributed by atoms with Gasteiger partial charge in [-0.15, -0.1) is 0 Å². The maximum atomic E-state index is 13.4. The van der Waals surface area contributed by atoms with Crippen LogP contribution in [0.15, 0.2) is 45.3 Å². The fourth-order valence-electron chi connectivity index (χ4n) is 1.67. The van der Waals surface area contributed by atoms with Crippen LogP contribution in [0.5, 0.6) is 0 Å². The minimum absolute atomic E-state index is 0.164. The monoisotopic (exact) mass is 449 g/mol. The number of aromatic carboxylic acids is 1. The molecule has 3 nitrogen and oxygen atoms in total. The normalized spacial score (nSPS) is 10.7. The molecule has 3 N–H and O–H groups in total. The van der Waals surface area contributed by atoms with Crippen LogP contribution in [-0.2, 0) is 5.54 Å². The van der Waals surface area contributed by atoms with Gasteiger partial charge in [-0.3, -0.25) is 0 Å². The van der Waals surface area contributed by atoms with E-state index < -0.39 is 17.3 Å². The maximum absolute atomic E-state index is 13.4. The third-order valence-electron chi connectivity index (χ3n) is 2.83. The molecule has 23 heavy (non-hydrogen) atoms. The van der Waals surface area contributed by atoms with Crippen molar-refractivity contribution in [3.63, 3.8) is 0 Å². The van der Waals surface area contributed by atoms with Crippen LogP contribution in [0.4, 0.5) is 8.78 Å². The highest BCUT2D eigenvalue weighted by atomic mass is 79.9. The van der Waals surface area contributed by atoms with Gasteiger partial charge in [-0.05, 0) is 63.9 Å². The van der Waals surface area contributed by atoms with E-state index >= 15 is 0 Å². The second-order valence-corrected chi connectivity index (χ2v) is 6.94. The highest BCUT2D eigenvalue weighted by Crippen LogP contribution is 2.25. The Morgan fingerprint density at radius 2 is 1.52 bits per heavy atom. The predicted octanol–water partition coefficient (Wildman–Crippen LogP) is 5.07. The van der Waals surface area contributed by atoms with Gasteiger partial charge in [0.1, 0.15) is 5.82 Å². The average molecular weight is 451 g/mol. The van der Waals surface area contributed by atoms with Crippen molar-refractivity contribution in [3.05, 3.63) is 68.1 Å². The Balaban J connectivity index is 0.000000231. The molecule has 2 rings (SSSR count). The summed E-state index contributed by atoms with van der Waals surface area (Å²) in [6.45, 7) is 3.55. The molecule has 0 aromatic heterocycles. The lowest BCUT2D eigenvalue weighted by Crippen LogP contribution is -2.29. The van der Waals surface area contributed by atoms with Crippen molar-refractivity contribution in [2.75, 3.05) is 0 Å². The molecule has 0 heterocycles. The van der Waals surface area contributed by atoms with Crippen LogP contribution >= 0.6 is 31.9 Å². The summed E-state index contributed by atoms with van der Waals surface area (Å²) in [4.78, 5) is 10.3. The molecule has 0 unspecified atom stereocenters. The topological polar surface area (TPSA) is 63.3 Å². The zero-order chi connectivity index (χ0) is 17.8. The Hall–Kier alpha value is -1.31. The molecular formula is C16H15Br2F2NO2. The average Bonchev–Trinajstić information content (AvgIpc) is 2.44. The van der Waals surface area contributed by atoms with E-state index in [1.165, 1.54) is 18.2 Å². The first kappa shape index (κ1) is 19.7. The second kappa shape index (κ2) is 7.99. The molecule has 0 bridgehead atoms. The molecule has 0 amide bonds. The summed E-state index contributed by atoms with van der Waals surface area (Å²) in [5, 5.41) is 8.43. The van der Waals surface area contributed by atoms with Gasteiger partial charge in [0.15, 0.2) is 5.82 Å². The van der Waals surface area contributed by atoms with Gasteiger partial charge < -0.3 is 10.8 Å². The molecular weight excluding hydrogens is 436 g/mol. The number of nitrogens with two attached hydrogens (primary N) is 1. The summed E-state index contributed by atoms with van der Waals surface area (Å²) in [5.41, 5.74) is 5.34. The zero-order valence-corrected chi connectivity index (χ0v) is 15.6. The summed E-state index contributed by atoms with van der Waals surface area (Å²) in [6.07, 6.45) is 0. The standard InChI is InChI=1S/C9H11BrFN.C7H4BrFO2/c1-9(2,12)6-4-3-5-7(10)8(6)11;8-5-3-1-2-4(6(5)9)7(10)11/h3-5H,12H2,1-2H3;1-3H,(H,10,11). The molecule has 0 fully saturated rings. The summed E-state index contributed by atoms with van der Waals surface area (Å²) in [6, 6.07) is 9.25. The number of halogens is 4. The molecule has 0 aliphatic carbocycles. The summed E-state index contributed by atoms with van der Waals surface area (Å²) < 4.78 is 26.8. The van der Waals surface area contributed by atoms with Gasteiger partial charge in [0, 0.05) is 11.1 Å². The minimum atomic E-state index is -1.26. The molecule has 0 radical (unpaired) electrons. The number of rotatable bonds is 2. The molecule has 124 valence electrons. The van der Waals surface area contributed by atoms with Gasteiger partial charge in [-0.1, -0.05) is 18.2 Å². The Morgan fingerprint density at radius 1 is 1.04 bits per heavy atom. The van der Waals surface area contributed by atoms with Crippen LogP contribution in [0, 0.1) is 11.6 Å². The fraction of sp³-hybridized carbons (Fsp3) is 0.188. The molecule has 0 saturated heterocycles. The Bertz CT molecular complexity index is 716. The van der Waals surface area contributed by atoms with Crippen molar-refractivity contribution in [3.8, 4) is 0 Å². The van der Waals surface area contributed by atoms with E-state index in [-0.39, 0.29) is 15.9 Å². The van der Waals surface area contributed by atoms with E-state index in [0.29, 0.717) is 10.0 Å². The third kappa shape index (κ3) is 5.37. The second-order valence-electron chi connectivity index (χ2n) is 5.23. The summed E-state index contributed by atoms with van der Waals surface area (Å²) in [5.74, 6) is -2.27. The lowest BCUT2D eigenvalue weighted by Gasteiger charge is -2.20. The van der Waals surface area contributed by atoms with Crippen molar-refractivity contribution in [1.29, 1.82) is 0 Å². The van der Waals surface area contributed by atoms with Gasteiger partial charge in [-0.25, -0.2) is 13.6 Å². The smallest absolute Gasteiger partial charge is 0.338 e. The van der Waals surface area contributed by atoms with Crippen LogP contribution in [0.1, 0.15) is 29.8 Å². The number of hydrogen-bond acceptors (Lipinski definition) is 2. The highest BCUT2D eigenvalue weighted by molar-refractivity contribution is 9.10. The van der Waals surface area contributed by atoms with Gasteiger partial charge in [-0.2, -0.15) is 0 Å². The van der Waals surface area contributed by atoms with Crippen LogP contribution < -0.4 is 5.73 Å². The number of carboxylic acids is 1. The van der Waals surface area contributed by atoms with Crippen molar-refractivity contribution in [2.45, 2.75) is 19.4 Å². The number of carbonyl (C=O) groups is 1. The van der Waals surface area contributed by atoms with E-state index in [1.807, 2.05) is 0 Å². The van der Waals surface area contributed by atoms with Crippen molar-refractivity contribution >= 4 is 37.8 Å². The van der Waals surface area contributed by atoms with Crippen LogP contribution in [0.25, 0.3) is 0 Å². The largest absolute Gasteiger partial charge is 0.478 e. The van der Waals surface area contributed by atoms with Gasteiger partial charge in [0.2, 0.25) is 0 Å². The fourth-order valence-corrected chi connectivity index (χ4v) is 2.40. The van der Waals surface area contributed by atoms with Crippen molar-refractivity contribution < 1.29 is 18.7 Å². The van der Waals surface area contributed by atoms with Gasteiger partial charge in [0.05, 0.1) is 14.5 Å². The lowest BCUT2D eigenvalue weighted by atomic mass is 9.95. The van der Waals surface area contributed by atoms with E-state index in [4.69, 9.17) is 10.8 Å². The van der Waals surface area contributed by atoms with Crippen molar-refractivity contribution in [1.82, 2.24) is 0 Å². The molecule has 7 heteroatoms. The van der Waals surface area contributed by atoms with Crippen LogP contribution in [0.2, 0.25) is 0 Å². The molecule has 0 aliphatic rings. The Labute approximate surface area is 149 Å². The van der Waals surface area contributed by atoms with Gasteiger partial charge in [0.25, 0.3) is 0 Å². The summed E-state index contributed by atoms with van der Waals surface area (Å²) in [7, 11) is 0. The number of carboxylic acid groups (broad SMARTS) is 1. The van der Waals surface area contributed by atoms with Gasteiger partial charge >= 0.3 is 5.97 Å². The summed E-state index contributed by atoms with van der Waals surface area (Å²) >= 11 is 5.98. The molecule has 0 aliphatic heterocycles. The SMILES string of the molecule is CC(C)(N)c1cccc(Br)c1F.O=C(O)c1cccc(Br)c1F. The third-order valence-corrected chi connectivity index (χ3v) is 4.05. The first-order valence-corrected chi connectivity index (χ1v) is 8.05. The molecule has 0 spiro atoms. The van der Waals surface area contributed by atoms with E-state index in [0.717, 1.165) is 0 Å². The van der Waals surface area contributed by atoms with Crippen molar-refractivity contribution in [2.24, 2.45) is 5.73 Å².